The van der Waals surface area contributed by atoms with Crippen molar-refractivity contribution in [3.63, 3.8) is 0 Å². The van der Waals surface area contributed by atoms with Crippen LogP contribution < -0.4 is 10.9 Å². The maximum Gasteiger partial charge on any atom is 0.262 e. The molecule has 1 aromatic heterocycles. The van der Waals surface area contributed by atoms with Crippen molar-refractivity contribution in [3.8, 4) is 0 Å². The van der Waals surface area contributed by atoms with Gasteiger partial charge in [0.2, 0.25) is 0 Å². The lowest BCUT2D eigenvalue weighted by molar-refractivity contribution is 0.621. The van der Waals surface area contributed by atoms with Crippen LogP contribution in [-0.4, -0.2) is 23.1 Å². The van der Waals surface area contributed by atoms with Gasteiger partial charge in [-0.05, 0) is 19.2 Å². The summed E-state index contributed by atoms with van der Waals surface area (Å²) in [5, 5.41) is 3.93. The van der Waals surface area contributed by atoms with E-state index in [4.69, 9.17) is 11.6 Å². The lowest BCUT2D eigenvalue weighted by Crippen LogP contribution is -2.25. The van der Waals surface area contributed by atoms with Crippen LogP contribution in [0.1, 0.15) is 0 Å². The number of hydrogen-bond acceptors (Lipinski definition) is 3. The van der Waals surface area contributed by atoms with Gasteiger partial charge in [-0.2, -0.15) is 0 Å². The molecule has 0 unspecified atom stereocenters. The largest absolute Gasteiger partial charge is 0.318 e. The minimum absolute atomic E-state index is 0.0918. The van der Waals surface area contributed by atoms with Crippen LogP contribution in [0.15, 0.2) is 29.3 Å². The van der Waals surface area contributed by atoms with Crippen LogP contribution in [0.2, 0.25) is 5.02 Å². The predicted molar refractivity (Wildman–Crippen MR) is 64.9 cm³/mol. The van der Waals surface area contributed by atoms with E-state index in [1.165, 1.54) is 0 Å². The monoisotopic (exact) mass is 237 g/mol. The summed E-state index contributed by atoms with van der Waals surface area (Å²) in [6.07, 6.45) is 1.55. The number of aromatic nitrogens is 2. The van der Waals surface area contributed by atoms with Crippen molar-refractivity contribution in [1.29, 1.82) is 0 Å². The van der Waals surface area contributed by atoms with Crippen LogP contribution in [-0.2, 0) is 6.54 Å². The van der Waals surface area contributed by atoms with Gasteiger partial charge in [0.15, 0.2) is 0 Å². The third-order valence-electron chi connectivity index (χ3n) is 2.41. The van der Waals surface area contributed by atoms with E-state index >= 15 is 0 Å². The Morgan fingerprint density at radius 3 is 3.06 bits per heavy atom. The van der Waals surface area contributed by atoms with Gasteiger partial charge in [-0.25, -0.2) is 4.98 Å². The SMILES string of the molecule is CNCCn1cnc2cccc(Cl)c2c1=O. The summed E-state index contributed by atoms with van der Waals surface area (Å²) in [4.78, 5) is 16.3. The molecule has 0 fully saturated rings. The third kappa shape index (κ3) is 1.94. The molecule has 0 saturated carbocycles. The lowest BCUT2D eigenvalue weighted by Gasteiger charge is -2.06. The number of hydrogen-bond donors (Lipinski definition) is 1. The fourth-order valence-electron chi connectivity index (χ4n) is 1.55. The Labute approximate surface area is 97.9 Å². The number of fused-ring (bicyclic) bond motifs is 1. The van der Waals surface area contributed by atoms with Crippen molar-refractivity contribution in [2.45, 2.75) is 6.54 Å². The van der Waals surface area contributed by atoms with E-state index < -0.39 is 0 Å². The van der Waals surface area contributed by atoms with Crippen LogP contribution in [0, 0.1) is 0 Å². The summed E-state index contributed by atoms with van der Waals surface area (Å²) in [6, 6.07) is 5.27. The minimum Gasteiger partial charge on any atom is -0.318 e. The molecule has 0 aliphatic rings. The molecule has 1 heterocycles. The highest BCUT2D eigenvalue weighted by atomic mass is 35.5. The molecule has 0 aliphatic heterocycles. The van der Waals surface area contributed by atoms with Gasteiger partial charge in [0.1, 0.15) is 0 Å². The van der Waals surface area contributed by atoms with Crippen LogP contribution in [0.3, 0.4) is 0 Å². The number of rotatable bonds is 3. The predicted octanol–water partition coefficient (Wildman–Crippen LogP) is 1.27. The van der Waals surface area contributed by atoms with Crippen molar-refractivity contribution in [2.24, 2.45) is 0 Å². The number of nitrogens with one attached hydrogen (secondary N) is 1. The highest BCUT2D eigenvalue weighted by molar-refractivity contribution is 6.35. The van der Waals surface area contributed by atoms with Gasteiger partial charge in [0, 0.05) is 13.1 Å². The second-order valence-electron chi connectivity index (χ2n) is 3.48. The van der Waals surface area contributed by atoms with Crippen molar-refractivity contribution in [3.05, 3.63) is 39.9 Å². The molecule has 1 N–H and O–H groups in total. The molecule has 0 bridgehead atoms. The van der Waals surface area contributed by atoms with Gasteiger partial charge in [-0.3, -0.25) is 9.36 Å². The second kappa shape index (κ2) is 4.63. The standard InChI is InChI=1S/C11H12ClN3O/c1-13-5-6-15-7-14-9-4-2-3-8(12)10(9)11(15)16/h2-4,7,13H,5-6H2,1H3. The Balaban J connectivity index is 2.60. The fourth-order valence-corrected chi connectivity index (χ4v) is 1.80. The third-order valence-corrected chi connectivity index (χ3v) is 2.72. The van der Waals surface area contributed by atoms with Crippen LogP contribution in [0.25, 0.3) is 10.9 Å². The van der Waals surface area contributed by atoms with Crippen molar-refractivity contribution in [2.75, 3.05) is 13.6 Å². The molecule has 0 aliphatic carbocycles. The molecular formula is C11H12ClN3O. The smallest absolute Gasteiger partial charge is 0.262 e. The van der Waals surface area contributed by atoms with E-state index in [0.717, 1.165) is 6.54 Å². The number of nitrogens with zero attached hydrogens (tertiary/aromatic N) is 2. The Hall–Kier alpha value is -1.39. The Bertz CT molecular complexity index is 565. The van der Waals surface area contributed by atoms with E-state index in [2.05, 4.69) is 10.3 Å². The first-order valence-corrected chi connectivity index (χ1v) is 5.40. The molecule has 2 aromatic rings. The summed E-state index contributed by atoms with van der Waals surface area (Å²) in [5.74, 6) is 0. The molecule has 4 nitrogen and oxygen atoms in total. The molecular weight excluding hydrogens is 226 g/mol. The van der Waals surface area contributed by atoms with Gasteiger partial charge in [0.25, 0.3) is 5.56 Å². The molecule has 2 rings (SSSR count). The molecule has 0 radical (unpaired) electrons. The summed E-state index contributed by atoms with van der Waals surface area (Å²) < 4.78 is 1.56. The Morgan fingerprint density at radius 1 is 1.50 bits per heavy atom. The van der Waals surface area contributed by atoms with Gasteiger partial charge >= 0.3 is 0 Å². The molecule has 84 valence electrons. The summed E-state index contributed by atoms with van der Waals surface area (Å²) in [5.41, 5.74) is 0.545. The van der Waals surface area contributed by atoms with Crippen molar-refractivity contribution >= 4 is 22.5 Å². The van der Waals surface area contributed by atoms with Crippen LogP contribution in [0.5, 0.6) is 0 Å². The molecule has 0 saturated heterocycles. The zero-order valence-corrected chi connectivity index (χ0v) is 9.66. The van der Waals surface area contributed by atoms with Crippen molar-refractivity contribution in [1.82, 2.24) is 14.9 Å². The Kier molecular flexibility index (Phi) is 3.22. The quantitative estimate of drug-likeness (QED) is 0.875. The molecule has 0 atom stereocenters. The van der Waals surface area contributed by atoms with E-state index in [1.807, 2.05) is 7.05 Å². The second-order valence-corrected chi connectivity index (χ2v) is 3.89. The van der Waals surface area contributed by atoms with Gasteiger partial charge in [0.05, 0.1) is 22.3 Å². The van der Waals surface area contributed by atoms with Crippen molar-refractivity contribution < 1.29 is 0 Å². The number of benzene rings is 1. The molecule has 5 heteroatoms. The first-order chi connectivity index (χ1) is 7.74. The number of halogens is 1. The molecule has 0 spiro atoms. The van der Waals surface area contributed by atoms with E-state index in [-0.39, 0.29) is 5.56 Å². The Morgan fingerprint density at radius 2 is 2.31 bits per heavy atom. The highest BCUT2D eigenvalue weighted by Gasteiger charge is 2.06. The maximum absolute atomic E-state index is 12.1. The minimum atomic E-state index is -0.0918. The normalized spacial score (nSPS) is 10.9. The van der Waals surface area contributed by atoms with E-state index in [0.29, 0.717) is 22.5 Å². The zero-order valence-electron chi connectivity index (χ0n) is 8.90. The average molecular weight is 238 g/mol. The molecule has 16 heavy (non-hydrogen) atoms. The van der Waals surface area contributed by atoms with E-state index in [9.17, 15) is 4.79 Å². The summed E-state index contributed by atoms with van der Waals surface area (Å²) in [6.45, 7) is 1.31. The molecule has 0 amide bonds. The molecule has 1 aromatic carbocycles. The summed E-state index contributed by atoms with van der Waals surface area (Å²) in [7, 11) is 1.84. The first kappa shape index (κ1) is 11.1. The van der Waals surface area contributed by atoms with Gasteiger partial charge in [-0.1, -0.05) is 17.7 Å². The zero-order chi connectivity index (χ0) is 11.5. The highest BCUT2D eigenvalue weighted by Crippen LogP contribution is 2.17. The van der Waals surface area contributed by atoms with E-state index in [1.54, 1.807) is 29.1 Å². The number of likely N-dealkylation sites (N-methyl/N-ethyl adjacent to an activating group) is 1. The van der Waals surface area contributed by atoms with Gasteiger partial charge in [-0.15, -0.1) is 0 Å². The average Bonchev–Trinajstić information content (AvgIpc) is 2.28. The maximum atomic E-state index is 12.1. The van der Waals surface area contributed by atoms with Gasteiger partial charge < -0.3 is 5.32 Å². The van der Waals surface area contributed by atoms with Crippen LogP contribution in [0.4, 0.5) is 0 Å². The lowest BCUT2D eigenvalue weighted by atomic mass is 10.2. The van der Waals surface area contributed by atoms with Crippen LogP contribution >= 0.6 is 11.6 Å². The fraction of sp³-hybridized carbons (Fsp3) is 0.273. The summed E-state index contributed by atoms with van der Waals surface area (Å²) >= 11 is 6.00. The first-order valence-electron chi connectivity index (χ1n) is 5.02. The topological polar surface area (TPSA) is 46.9 Å².